The minimum atomic E-state index is -0.267. The number of benzene rings is 1. The topological polar surface area (TPSA) is 29.5 Å². The number of carbonyl (C=O) groups is 1. The molecule has 3 nitrogen and oxygen atoms in total. The van der Waals surface area contributed by atoms with Gasteiger partial charge in [0.25, 0.3) is 0 Å². The fourth-order valence-corrected chi connectivity index (χ4v) is 2.79. The number of amides is 1. The van der Waals surface area contributed by atoms with E-state index in [4.69, 9.17) is 4.74 Å². The number of hydrogen-bond donors (Lipinski definition) is 0. The smallest absolute Gasteiger partial charge is 0.232 e. The first kappa shape index (κ1) is 15.3. The van der Waals surface area contributed by atoms with Gasteiger partial charge in [0.1, 0.15) is 5.82 Å². The van der Waals surface area contributed by atoms with Crippen molar-refractivity contribution in [2.45, 2.75) is 25.5 Å². The summed E-state index contributed by atoms with van der Waals surface area (Å²) < 4.78 is 18.8. The van der Waals surface area contributed by atoms with Crippen molar-refractivity contribution in [1.29, 1.82) is 0 Å². The highest BCUT2D eigenvalue weighted by atomic mass is 32.2. The molecule has 1 heterocycles. The lowest BCUT2D eigenvalue weighted by molar-refractivity contribution is -0.130. The first-order chi connectivity index (χ1) is 9.69. The third-order valence-corrected chi connectivity index (χ3v) is 3.87. The molecule has 1 aromatic carbocycles. The molecule has 1 amide bonds. The molecular formula is C15H20FNO2S. The minimum Gasteiger partial charge on any atom is -0.376 e. The predicted molar refractivity (Wildman–Crippen MR) is 79.2 cm³/mol. The molecule has 110 valence electrons. The van der Waals surface area contributed by atoms with E-state index in [0.29, 0.717) is 18.8 Å². The third-order valence-electron chi connectivity index (χ3n) is 3.33. The molecule has 1 fully saturated rings. The summed E-state index contributed by atoms with van der Waals surface area (Å²) in [5, 5.41) is 0. The molecule has 0 aliphatic carbocycles. The average Bonchev–Trinajstić information content (AvgIpc) is 2.91. The van der Waals surface area contributed by atoms with Gasteiger partial charge in [-0.05, 0) is 36.8 Å². The molecule has 0 N–H and O–H groups in total. The number of nitrogens with zero attached hydrogens (tertiary/aromatic N) is 1. The van der Waals surface area contributed by atoms with Crippen molar-refractivity contribution in [3.63, 3.8) is 0 Å². The van der Waals surface area contributed by atoms with E-state index in [1.54, 1.807) is 11.0 Å². The Kier molecular flexibility index (Phi) is 5.86. The summed E-state index contributed by atoms with van der Waals surface area (Å²) in [6, 6.07) is 6.42. The largest absolute Gasteiger partial charge is 0.376 e. The number of ether oxygens (including phenoxy) is 1. The van der Waals surface area contributed by atoms with E-state index in [1.807, 2.05) is 12.3 Å². The molecule has 1 aromatic rings. The van der Waals surface area contributed by atoms with Crippen LogP contribution in [0.2, 0.25) is 0 Å². The van der Waals surface area contributed by atoms with E-state index in [1.165, 1.54) is 23.9 Å². The molecule has 0 spiro atoms. The van der Waals surface area contributed by atoms with Gasteiger partial charge in [0.05, 0.1) is 11.9 Å². The van der Waals surface area contributed by atoms with Crippen LogP contribution in [0.15, 0.2) is 24.3 Å². The van der Waals surface area contributed by atoms with Crippen LogP contribution in [-0.2, 0) is 16.1 Å². The molecule has 5 heteroatoms. The van der Waals surface area contributed by atoms with E-state index in [-0.39, 0.29) is 17.8 Å². The van der Waals surface area contributed by atoms with Gasteiger partial charge in [-0.25, -0.2) is 4.39 Å². The molecule has 1 saturated heterocycles. The van der Waals surface area contributed by atoms with Gasteiger partial charge in [0.15, 0.2) is 0 Å². The summed E-state index contributed by atoms with van der Waals surface area (Å²) in [6.07, 6.45) is 4.07. The summed E-state index contributed by atoms with van der Waals surface area (Å²) in [5.74, 6) is 0.260. The van der Waals surface area contributed by atoms with Crippen molar-refractivity contribution in [2.24, 2.45) is 0 Å². The quantitative estimate of drug-likeness (QED) is 0.808. The van der Waals surface area contributed by atoms with E-state index >= 15 is 0 Å². The van der Waals surface area contributed by atoms with Crippen LogP contribution < -0.4 is 0 Å². The number of halogens is 1. The molecule has 0 radical (unpaired) electrons. The molecule has 0 aromatic heterocycles. The first-order valence-electron chi connectivity index (χ1n) is 6.82. The Hall–Kier alpha value is -1.07. The van der Waals surface area contributed by atoms with Gasteiger partial charge in [0, 0.05) is 19.7 Å². The Balaban J connectivity index is 2.02. The van der Waals surface area contributed by atoms with Crippen LogP contribution in [0.4, 0.5) is 4.39 Å². The Labute approximate surface area is 123 Å². The van der Waals surface area contributed by atoms with Crippen LogP contribution in [-0.4, -0.2) is 42.1 Å². The van der Waals surface area contributed by atoms with Gasteiger partial charge in [-0.2, -0.15) is 11.8 Å². The molecular weight excluding hydrogens is 277 g/mol. The fourth-order valence-electron chi connectivity index (χ4n) is 2.36. The van der Waals surface area contributed by atoms with Gasteiger partial charge in [0.2, 0.25) is 5.91 Å². The zero-order valence-electron chi connectivity index (χ0n) is 11.7. The highest BCUT2D eigenvalue weighted by molar-refractivity contribution is 7.99. The van der Waals surface area contributed by atoms with Crippen molar-refractivity contribution in [2.75, 3.05) is 25.2 Å². The second-order valence-electron chi connectivity index (χ2n) is 4.97. The Morgan fingerprint density at radius 2 is 2.40 bits per heavy atom. The van der Waals surface area contributed by atoms with Crippen molar-refractivity contribution < 1.29 is 13.9 Å². The summed E-state index contributed by atoms with van der Waals surface area (Å²) in [7, 11) is 0. The highest BCUT2D eigenvalue weighted by Gasteiger charge is 2.22. The van der Waals surface area contributed by atoms with Gasteiger partial charge in [-0.1, -0.05) is 12.1 Å². The highest BCUT2D eigenvalue weighted by Crippen LogP contribution is 2.16. The molecule has 0 unspecified atom stereocenters. The maximum absolute atomic E-state index is 13.2. The third kappa shape index (κ3) is 4.49. The van der Waals surface area contributed by atoms with Crippen LogP contribution >= 0.6 is 11.8 Å². The zero-order valence-corrected chi connectivity index (χ0v) is 12.5. The van der Waals surface area contributed by atoms with Gasteiger partial charge in [-0.15, -0.1) is 0 Å². The van der Waals surface area contributed by atoms with Gasteiger partial charge in [-0.3, -0.25) is 4.79 Å². The molecule has 0 bridgehead atoms. The van der Waals surface area contributed by atoms with Gasteiger partial charge < -0.3 is 9.64 Å². The maximum Gasteiger partial charge on any atom is 0.232 e. The lowest BCUT2D eigenvalue weighted by atomic mass is 10.2. The average molecular weight is 297 g/mol. The zero-order chi connectivity index (χ0) is 14.4. The molecule has 1 atom stereocenters. The summed E-state index contributed by atoms with van der Waals surface area (Å²) >= 11 is 1.50. The number of carbonyl (C=O) groups excluding carboxylic acids is 1. The van der Waals surface area contributed by atoms with Crippen molar-refractivity contribution in [3.8, 4) is 0 Å². The lowest BCUT2D eigenvalue weighted by Gasteiger charge is -2.25. The van der Waals surface area contributed by atoms with E-state index < -0.39 is 0 Å². The molecule has 0 saturated carbocycles. The van der Waals surface area contributed by atoms with Crippen LogP contribution in [0.3, 0.4) is 0 Å². The van der Waals surface area contributed by atoms with Crippen LogP contribution in [0.1, 0.15) is 18.4 Å². The molecule has 1 aliphatic heterocycles. The monoisotopic (exact) mass is 297 g/mol. The maximum atomic E-state index is 13.2. The van der Waals surface area contributed by atoms with Crippen molar-refractivity contribution >= 4 is 17.7 Å². The van der Waals surface area contributed by atoms with Crippen molar-refractivity contribution in [1.82, 2.24) is 4.90 Å². The van der Waals surface area contributed by atoms with Crippen LogP contribution in [0, 0.1) is 5.82 Å². The van der Waals surface area contributed by atoms with Crippen LogP contribution in [0.5, 0.6) is 0 Å². The Morgan fingerprint density at radius 3 is 3.05 bits per heavy atom. The van der Waals surface area contributed by atoms with E-state index in [2.05, 4.69) is 0 Å². The fraction of sp³-hybridized carbons (Fsp3) is 0.533. The number of hydrogen-bond acceptors (Lipinski definition) is 3. The first-order valence-corrected chi connectivity index (χ1v) is 8.21. The predicted octanol–water partition coefficient (Wildman–Crippen LogP) is 2.70. The number of rotatable bonds is 6. The molecule has 1 aliphatic rings. The van der Waals surface area contributed by atoms with Crippen LogP contribution in [0.25, 0.3) is 0 Å². The summed E-state index contributed by atoms with van der Waals surface area (Å²) in [6.45, 7) is 1.81. The molecule has 20 heavy (non-hydrogen) atoms. The number of thioether (sulfide) groups is 1. The standard InChI is InChI=1S/C15H20FNO2S/c1-20-11-15(18)17(10-14-6-3-7-19-14)9-12-4-2-5-13(16)8-12/h2,4-5,8,14H,3,6-7,9-11H2,1H3/t14-/m1/s1. The van der Waals surface area contributed by atoms with E-state index in [0.717, 1.165) is 25.0 Å². The van der Waals surface area contributed by atoms with Gasteiger partial charge >= 0.3 is 0 Å². The normalized spacial score (nSPS) is 18.2. The van der Waals surface area contributed by atoms with Crippen molar-refractivity contribution in [3.05, 3.63) is 35.6 Å². The minimum absolute atomic E-state index is 0.0808. The second kappa shape index (κ2) is 7.64. The Bertz CT molecular complexity index is 449. The summed E-state index contributed by atoms with van der Waals surface area (Å²) in [5.41, 5.74) is 0.817. The second-order valence-corrected chi connectivity index (χ2v) is 5.84. The lowest BCUT2D eigenvalue weighted by Crippen LogP contribution is -2.38. The SMILES string of the molecule is CSCC(=O)N(Cc1cccc(F)c1)C[C@H]1CCCO1. The molecule has 2 rings (SSSR count). The Morgan fingerprint density at radius 1 is 1.55 bits per heavy atom. The summed E-state index contributed by atoms with van der Waals surface area (Å²) in [4.78, 5) is 14.0. The van der Waals surface area contributed by atoms with E-state index in [9.17, 15) is 9.18 Å².